The van der Waals surface area contributed by atoms with E-state index in [0.29, 0.717) is 69.0 Å². The topological polar surface area (TPSA) is 111 Å². The Labute approximate surface area is 307 Å². The second kappa shape index (κ2) is 20.4. The molecule has 0 amide bonds. The second-order valence-corrected chi connectivity index (χ2v) is 11.1. The Balaban J connectivity index is 0.000000280. The van der Waals surface area contributed by atoms with Gasteiger partial charge in [0.15, 0.2) is 46.0 Å². The molecule has 12 heteroatoms. The summed E-state index contributed by atoms with van der Waals surface area (Å²) < 4.78 is 64.8. The van der Waals surface area contributed by atoms with Gasteiger partial charge >= 0.3 is 0 Å². The smallest absolute Gasteiger partial charge is 0.203 e. The summed E-state index contributed by atoms with van der Waals surface area (Å²) in [6.45, 7) is 0. The molecule has 0 aliphatic rings. The van der Waals surface area contributed by atoms with Crippen molar-refractivity contribution in [3.05, 3.63) is 70.8 Å². The van der Waals surface area contributed by atoms with Gasteiger partial charge in [0, 0.05) is 0 Å². The number of hydrogen-bond acceptors (Lipinski definition) is 12. The van der Waals surface area contributed by atoms with Gasteiger partial charge in [-0.05, 0) is 96.5 Å². The first-order valence-electron chi connectivity index (χ1n) is 16.4. The Morgan fingerprint density at radius 1 is 0.231 bits per heavy atom. The number of ether oxygens (including phenoxy) is 12. The highest BCUT2D eigenvalue weighted by Crippen LogP contribution is 2.42. The van der Waals surface area contributed by atoms with Crippen LogP contribution in [-0.2, 0) is 25.7 Å². The summed E-state index contributed by atoms with van der Waals surface area (Å²) in [4.78, 5) is 0. The lowest BCUT2D eigenvalue weighted by Gasteiger charge is -2.15. The quantitative estimate of drug-likeness (QED) is 0.105. The van der Waals surface area contributed by atoms with E-state index in [1.807, 2.05) is 48.5 Å². The van der Waals surface area contributed by atoms with Gasteiger partial charge in [-0.2, -0.15) is 0 Å². The molecule has 284 valence electrons. The summed E-state index contributed by atoms with van der Waals surface area (Å²) in [7, 11) is 19.3. The molecule has 0 fully saturated rings. The van der Waals surface area contributed by atoms with E-state index in [9.17, 15) is 0 Å². The van der Waals surface area contributed by atoms with Gasteiger partial charge in [-0.1, -0.05) is 0 Å². The van der Waals surface area contributed by atoms with Crippen LogP contribution in [0.15, 0.2) is 48.5 Å². The van der Waals surface area contributed by atoms with E-state index in [1.165, 1.54) is 0 Å². The van der Waals surface area contributed by atoms with Gasteiger partial charge in [0.2, 0.25) is 23.0 Å². The van der Waals surface area contributed by atoms with E-state index in [4.69, 9.17) is 56.8 Å². The molecule has 4 aromatic carbocycles. The van der Waals surface area contributed by atoms with Gasteiger partial charge in [-0.15, -0.1) is 0 Å². The molecule has 0 aromatic heterocycles. The van der Waals surface area contributed by atoms with Crippen LogP contribution >= 0.6 is 0 Å². The lowest BCUT2D eigenvalue weighted by molar-refractivity contribution is 0.323. The number of aryl methyl sites for hydroxylation is 4. The molecule has 0 radical (unpaired) electrons. The third kappa shape index (κ3) is 9.83. The molecule has 0 heterocycles. The lowest BCUT2D eigenvalue weighted by Crippen LogP contribution is -2.00. The number of benzene rings is 4. The van der Waals surface area contributed by atoms with Gasteiger partial charge in [-0.3, -0.25) is 0 Å². The minimum Gasteiger partial charge on any atom is -0.493 e. The molecule has 0 atom stereocenters. The van der Waals surface area contributed by atoms with Crippen LogP contribution in [0.25, 0.3) is 0 Å². The molecule has 0 spiro atoms. The first-order chi connectivity index (χ1) is 25.2. The molecular formula is C40H52O12. The van der Waals surface area contributed by atoms with Crippen molar-refractivity contribution in [3.8, 4) is 69.0 Å². The lowest BCUT2D eigenvalue weighted by atomic mass is 10.0. The Kier molecular flexibility index (Phi) is 16.0. The second-order valence-electron chi connectivity index (χ2n) is 11.1. The molecule has 12 nitrogen and oxygen atoms in total. The molecule has 0 aliphatic heterocycles. The third-order valence-corrected chi connectivity index (χ3v) is 8.30. The molecule has 0 bridgehead atoms. The van der Waals surface area contributed by atoms with E-state index in [2.05, 4.69) is 0 Å². The van der Waals surface area contributed by atoms with E-state index in [0.717, 1.165) is 47.9 Å². The van der Waals surface area contributed by atoms with Gasteiger partial charge in [0.05, 0.1) is 85.3 Å². The van der Waals surface area contributed by atoms with Crippen LogP contribution in [0.2, 0.25) is 0 Å². The highest BCUT2D eigenvalue weighted by Gasteiger charge is 2.17. The van der Waals surface area contributed by atoms with E-state index < -0.39 is 0 Å². The van der Waals surface area contributed by atoms with Crippen molar-refractivity contribution < 1.29 is 56.8 Å². The molecule has 0 N–H and O–H groups in total. The average Bonchev–Trinajstić information content (AvgIpc) is 3.20. The molecule has 4 aromatic rings. The third-order valence-electron chi connectivity index (χ3n) is 8.30. The molecule has 52 heavy (non-hydrogen) atoms. The maximum atomic E-state index is 5.41. The molecule has 0 saturated carbocycles. The van der Waals surface area contributed by atoms with Crippen LogP contribution in [0.5, 0.6) is 69.0 Å². The van der Waals surface area contributed by atoms with Crippen molar-refractivity contribution in [2.24, 2.45) is 0 Å². The predicted molar refractivity (Wildman–Crippen MR) is 199 cm³/mol. The van der Waals surface area contributed by atoms with Crippen molar-refractivity contribution in [3.63, 3.8) is 0 Å². The Morgan fingerprint density at radius 3 is 0.462 bits per heavy atom. The van der Waals surface area contributed by atoms with E-state index in [-0.39, 0.29) is 0 Å². The van der Waals surface area contributed by atoms with Crippen LogP contribution in [0.3, 0.4) is 0 Å². The monoisotopic (exact) mass is 724 g/mol. The van der Waals surface area contributed by atoms with Crippen molar-refractivity contribution in [2.75, 3.05) is 85.3 Å². The summed E-state index contributed by atoms with van der Waals surface area (Å²) >= 11 is 0. The summed E-state index contributed by atoms with van der Waals surface area (Å²) in [5.74, 6) is 7.52. The Hall–Kier alpha value is -5.52. The van der Waals surface area contributed by atoms with Crippen molar-refractivity contribution >= 4 is 0 Å². The average molecular weight is 725 g/mol. The zero-order chi connectivity index (χ0) is 38.2. The molecule has 4 rings (SSSR count). The van der Waals surface area contributed by atoms with Crippen LogP contribution < -0.4 is 56.8 Å². The minimum absolute atomic E-state index is 0.589. The van der Waals surface area contributed by atoms with E-state index >= 15 is 0 Å². The summed E-state index contributed by atoms with van der Waals surface area (Å²) in [6, 6.07) is 15.7. The fraction of sp³-hybridized carbons (Fsp3) is 0.400. The minimum atomic E-state index is 0.589. The Morgan fingerprint density at radius 2 is 0.365 bits per heavy atom. The van der Waals surface area contributed by atoms with Crippen molar-refractivity contribution in [2.45, 2.75) is 25.7 Å². The highest BCUT2D eigenvalue weighted by atomic mass is 16.5. The first-order valence-corrected chi connectivity index (χ1v) is 16.4. The Bertz CT molecular complexity index is 1380. The van der Waals surface area contributed by atoms with Crippen LogP contribution in [0.1, 0.15) is 22.3 Å². The number of rotatable bonds is 18. The SMILES string of the molecule is COc1cc(CCc2cc(OC)c(OC)c(OC)c2)cc(OC)c1OC.COc1cc(CCc2cc(OC)c(OC)c(OC)c2)cc(OC)c1OC. The zero-order valence-electron chi connectivity index (χ0n) is 32.3. The van der Waals surface area contributed by atoms with Gasteiger partial charge < -0.3 is 56.8 Å². The van der Waals surface area contributed by atoms with E-state index in [1.54, 1.807) is 85.3 Å². The molecule has 0 aliphatic carbocycles. The number of methoxy groups -OCH3 is 12. The van der Waals surface area contributed by atoms with Gasteiger partial charge in [0.25, 0.3) is 0 Å². The molecular weight excluding hydrogens is 672 g/mol. The number of hydrogen-bond donors (Lipinski definition) is 0. The summed E-state index contributed by atoms with van der Waals surface area (Å²) in [6.07, 6.45) is 3.15. The molecule has 0 saturated heterocycles. The van der Waals surface area contributed by atoms with Gasteiger partial charge in [-0.25, -0.2) is 0 Å². The first kappa shape index (κ1) is 40.9. The predicted octanol–water partition coefficient (Wildman–Crippen LogP) is 7.05. The normalized spacial score (nSPS) is 10.2. The van der Waals surface area contributed by atoms with Gasteiger partial charge in [0.1, 0.15) is 0 Å². The standard InChI is InChI=1S/2C20H26O6/c2*1-21-15-9-13(10-16(22-2)19(15)25-5)7-8-14-11-17(23-3)20(26-6)18(12-14)24-4/h2*9-12H,7-8H2,1-6H3. The van der Waals surface area contributed by atoms with Crippen LogP contribution in [0, 0.1) is 0 Å². The van der Waals surface area contributed by atoms with Crippen LogP contribution in [-0.4, -0.2) is 85.3 Å². The highest BCUT2D eigenvalue weighted by molar-refractivity contribution is 5.57. The fourth-order valence-corrected chi connectivity index (χ4v) is 5.70. The maximum Gasteiger partial charge on any atom is 0.203 e. The maximum absolute atomic E-state index is 5.41. The largest absolute Gasteiger partial charge is 0.493 e. The molecule has 0 unspecified atom stereocenters. The fourth-order valence-electron chi connectivity index (χ4n) is 5.70. The van der Waals surface area contributed by atoms with Crippen molar-refractivity contribution in [1.82, 2.24) is 0 Å². The summed E-state index contributed by atoms with van der Waals surface area (Å²) in [5.41, 5.74) is 4.31. The zero-order valence-corrected chi connectivity index (χ0v) is 32.3. The van der Waals surface area contributed by atoms with Crippen LogP contribution in [0.4, 0.5) is 0 Å². The van der Waals surface area contributed by atoms with Crippen molar-refractivity contribution in [1.29, 1.82) is 0 Å². The summed E-state index contributed by atoms with van der Waals surface area (Å²) in [5, 5.41) is 0.